The van der Waals surface area contributed by atoms with E-state index in [-0.39, 0.29) is 6.04 Å². The number of likely N-dealkylation sites (N-methyl/N-ethyl adjacent to an activating group) is 1. The van der Waals surface area contributed by atoms with Crippen LogP contribution in [0.15, 0.2) is 18.2 Å². The van der Waals surface area contributed by atoms with Crippen molar-refractivity contribution in [1.29, 1.82) is 0 Å². The number of benzene rings is 1. The molecule has 0 fully saturated rings. The van der Waals surface area contributed by atoms with Crippen LogP contribution in [0.2, 0.25) is 0 Å². The molecule has 1 heterocycles. The molecule has 0 saturated carbocycles. The Labute approximate surface area is 96.0 Å². The molecule has 15 heavy (non-hydrogen) atoms. The first-order valence-electron chi connectivity index (χ1n) is 6.93. The minimum Gasteiger partial charge on any atom is -0.454 e. The van der Waals surface area contributed by atoms with Crippen molar-refractivity contribution in [1.82, 2.24) is 5.32 Å². The molecule has 1 aromatic rings. The molecule has 3 nitrogen and oxygen atoms in total. The standard InChI is InChI=1S/C12H17NO2/c1-3-13-9(2)6-10-4-5-11-12(7-10)15-8-14-11/h4-5,7,9,13H,3,6,8H2,1-2H3/t9-/m1/s1/i3D2,8D2. The van der Waals surface area contributed by atoms with Gasteiger partial charge in [-0.15, -0.1) is 0 Å². The Morgan fingerprint density at radius 3 is 3.13 bits per heavy atom. The number of hydrogen-bond acceptors (Lipinski definition) is 3. The van der Waals surface area contributed by atoms with E-state index in [0.29, 0.717) is 17.9 Å². The molecule has 1 aliphatic rings. The Kier molecular flexibility index (Phi) is 1.93. The van der Waals surface area contributed by atoms with Gasteiger partial charge < -0.3 is 14.8 Å². The zero-order chi connectivity index (χ0) is 14.3. The van der Waals surface area contributed by atoms with Crippen LogP contribution in [-0.4, -0.2) is 19.3 Å². The van der Waals surface area contributed by atoms with Crippen LogP contribution in [0.5, 0.6) is 11.5 Å². The maximum absolute atomic E-state index is 7.46. The molecular weight excluding hydrogens is 190 g/mol. The highest BCUT2D eigenvalue weighted by atomic mass is 16.7. The van der Waals surface area contributed by atoms with Crippen molar-refractivity contribution in [3.8, 4) is 11.5 Å². The fourth-order valence-corrected chi connectivity index (χ4v) is 1.61. The Bertz CT molecular complexity index is 473. The number of rotatable bonds is 4. The first-order valence-corrected chi connectivity index (χ1v) is 4.93. The lowest BCUT2D eigenvalue weighted by Crippen LogP contribution is -2.27. The first-order chi connectivity index (χ1) is 8.65. The molecule has 1 aromatic carbocycles. The van der Waals surface area contributed by atoms with Crippen molar-refractivity contribution in [2.75, 3.05) is 13.2 Å². The van der Waals surface area contributed by atoms with Crippen molar-refractivity contribution in [2.24, 2.45) is 0 Å². The lowest BCUT2D eigenvalue weighted by Gasteiger charge is -2.12. The van der Waals surface area contributed by atoms with Gasteiger partial charge in [0, 0.05) is 8.78 Å². The third-order valence-corrected chi connectivity index (χ3v) is 2.24. The van der Waals surface area contributed by atoms with Gasteiger partial charge in [-0.1, -0.05) is 13.0 Å². The van der Waals surface area contributed by atoms with Crippen LogP contribution in [0.1, 0.15) is 24.9 Å². The maximum Gasteiger partial charge on any atom is 0.231 e. The Morgan fingerprint density at radius 1 is 1.53 bits per heavy atom. The predicted molar refractivity (Wildman–Crippen MR) is 59.4 cm³/mol. The molecule has 1 N–H and O–H groups in total. The van der Waals surface area contributed by atoms with E-state index >= 15 is 0 Å². The van der Waals surface area contributed by atoms with Crippen molar-refractivity contribution in [3.63, 3.8) is 0 Å². The molecule has 0 radical (unpaired) electrons. The van der Waals surface area contributed by atoms with Gasteiger partial charge in [-0.2, -0.15) is 0 Å². The molecular formula is C12H17NO2. The van der Waals surface area contributed by atoms with E-state index in [1.165, 1.54) is 6.92 Å². The zero-order valence-corrected chi connectivity index (χ0v) is 8.83. The molecule has 2 rings (SSSR count). The predicted octanol–water partition coefficient (Wildman–Crippen LogP) is 1.96. The molecule has 0 spiro atoms. The van der Waals surface area contributed by atoms with Gasteiger partial charge in [-0.05, 0) is 37.5 Å². The lowest BCUT2D eigenvalue weighted by atomic mass is 10.1. The quantitative estimate of drug-likeness (QED) is 0.825. The van der Waals surface area contributed by atoms with Crippen molar-refractivity contribution >= 4 is 0 Å². The lowest BCUT2D eigenvalue weighted by molar-refractivity contribution is 0.174. The highest BCUT2D eigenvalue weighted by Gasteiger charge is 2.13. The summed E-state index contributed by atoms with van der Waals surface area (Å²) >= 11 is 0. The number of nitrogens with one attached hydrogen (secondary N) is 1. The van der Waals surface area contributed by atoms with Crippen LogP contribution in [0.3, 0.4) is 0 Å². The van der Waals surface area contributed by atoms with Crippen LogP contribution >= 0.6 is 0 Å². The van der Waals surface area contributed by atoms with E-state index in [1.54, 1.807) is 12.1 Å². The van der Waals surface area contributed by atoms with E-state index in [2.05, 4.69) is 5.32 Å². The van der Waals surface area contributed by atoms with Gasteiger partial charge in [0.15, 0.2) is 11.5 Å². The summed E-state index contributed by atoms with van der Waals surface area (Å²) in [7, 11) is 0. The van der Waals surface area contributed by atoms with Crippen molar-refractivity contribution < 1.29 is 15.0 Å². The van der Waals surface area contributed by atoms with Crippen molar-refractivity contribution in [3.05, 3.63) is 23.8 Å². The molecule has 0 aromatic heterocycles. The summed E-state index contributed by atoms with van der Waals surface area (Å²) in [6.45, 7) is -0.165. The fraction of sp³-hybridized carbons (Fsp3) is 0.500. The topological polar surface area (TPSA) is 30.5 Å². The third-order valence-electron chi connectivity index (χ3n) is 2.24. The van der Waals surface area contributed by atoms with Gasteiger partial charge in [0.2, 0.25) is 6.75 Å². The van der Waals surface area contributed by atoms with Gasteiger partial charge in [0.1, 0.15) is 2.74 Å². The molecule has 1 atom stereocenters. The van der Waals surface area contributed by atoms with E-state index < -0.39 is 13.2 Å². The summed E-state index contributed by atoms with van der Waals surface area (Å²) in [4.78, 5) is 0. The highest BCUT2D eigenvalue weighted by Crippen LogP contribution is 2.32. The Balaban J connectivity index is 2.04. The Morgan fingerprint density at radius 2 is 2.33 bits per heavy atom. The van der Waals surface area contributed by atoms with Crippen LogP contribution in [0, 0.1) is 0 Å². The second-order valence-corrected chi connectivity index (χ2v) is 3.57. The van der Waals surface area contributed by atoms with Gasteiger partial charge in [0.25, 0.3) is 0 Å². The number of fused-ring (bicyclic) bond motifs is 1. The fourth-order valence-electron chi connectivity index (χ4n) is 1.61. The van der Waals surface area contributed by atoms with Crippen LogP contribution in [-0.2, 0) is 6.42 Å². The summed E-state index contributed by atoms with van der Waals surface area (Å²) in [6.07, 6.45) is 0.618. The third kappa shape index (κ3) is 2.42. The average molecular weight is 211 g/mol. The normalized spacial score (nSPS) is 23.6. The second kappa shape index (κ2) is 4.53. The maximum atomic E-state index is 7.46. The SMILES string of the molecule is [2H]C([2H])(C)N[C@H](C)Cc1ccc2c(c1)OC([2H])([2H])O2. The van der Waals surface area contributed by atoms with Gasteiger partial charge >= 0.3 is 0 Å². The van der Waals surface area contributed by atoms with E-state index in [0.717, 1.165) is 5.56 Å². The first kappa shape index (κ1) is 6.38. The average Bonchev–Trinajstić information content (AvgIpc) is 2.47. The minimum atomic E-state index is -2.11. The molecule has 0 amide bonds. The van der Waals surface area contributed by atoms with Crippen molar-refractivity contribution in [2.45, 2.75) is 26.3 Å². The summed E-state index contributed by atoms with van der Waals surface area (Å²) in [5.74, 6) is 0.773. The highest BCUT2D eigenvalue weighted by molar-refractivity contribution is 5.44. The summed E-state index contributed by atoms with van der Waals surface area (Å²) in [6, 6.07) is 5.18. The molecule has 1 aliphatic heterocycles. The molecule has 3 heteroatoms. The second-order valence-electron chi connectivity index (χ2n) is 3.57. The molecule has 0 unspecified atom stereocenters. The molecule has 82 valence electrons. The van der Waals surface area contributed by atoms with Gasteiger partial charge in [-0.3, -0.25) is 0 Å². The molecule has 0 saturated heterocycles. The summed E-state index contributed by atoms with van der Waals surface area (Å²) < 4.78 is 39.7. The van der Waals surface area contributed by atoms with Crippen LogP contribution < -0.4 is 14.8 Å². The number of ether oxygens (including phenoxy) is 2. The van der Waals surface area contributed by atoms with E-state index in [4.69, 9.17) is 15.0 Å². The smallest absolute Gasteiger partial charge is 0.231 e. The van der Waals surface area contributed by atoms with Gasteiger partial charge in [-0.25, -0.2) is 0 Å². The van der Waals surface area contributed by atoms with E-state index in [9.17, 15) is 0 Å². The van der Waals surface area contributed by atoms with Crippen LogP contribution in [0.25, 0.3) is 0 Å². The monoisotopic (exact) mass is 211 g/mol. The van der Waals surface area contributed by atoms with Crippen LogP contribution in [0.4, 0.5) is 0 Å². The minimum absolute atomic E-state index is 0.0443. The molecule has 0 bridgehead atoms. The van der Waals surface area contributed by atoms with Gasteiger partial charge in [0.05, 0.1) is 0 Å². The Hall–Kier alpha value is -1.22. The zero-order valence-electron chi connectivity index (χ0n) is 12.8. The largest absolute Gasteiger partial charge is 0.454 e. The summed E-state index contributed by atoms with van der Waals surface area (Å²) in [5, 5.41) is 2.84. The van der Waals surface area contributed by atoms with E-state index in [1.807, 2.05) is 13.0 Å². The summed E-state index contributed by atoms with van der Waals surface area (Å²) in [5.41, 5.74) is 0.935. The number of hydrogen-bond donors (Lipinski definition) is 1. The molecule has 0 aliphatic carbocycles.